The van der Waals surface area contributed by atoms with Gasteiger partial charge in [-0.3, -0.25) is 4.57 Å². The predicted octanol–water partition coefficient (Wildman–Crippen LogP) is 9.10. The third-order valence-electron chi connectivity index (χ3n) is 11.4. The number of esters is 1. The van der Waals surface area contributed by atoms with Crippen LogP contribution < -0.4 is 4.90 Å². The number of hydrogen-bond donors (Lipinski definition) is 0. The van der Waals surface area contributed by atoms with Crippen LogP contribution in [-0.2, 0) is 56.4 Å². The highest BCUT2D eigenvalue weighted by atomic mass is 35.5. The Morgan fingerprint density at radius 2 is 1.54 bits per heavy atom. The maximum Gasteiger partial charge on any atom is 0.425 e. The van der Waals surface area contributed by atoms with Gasteiger partial charge in [-0.15, -0.1) is 15.0 Å². The molecule has 4 aromatic rings. The highest BCUT2D eigenvalue weighted by Gasteiger charge is 2.53. The summed E-state index contributed by atoms with van der Waals surface area (Å²) >= 11 is 6.63. The van der Waals surface area contributed by atoms with E-state index in [0.717, 1.165) is 11.6 Å². The number of anilines is 1. The normalized spacial score (nSPS) is 19.3. The molecular formula is C45H70ClN9O10Si2. The van der Waals surface area contributed by atoms with Gasteiger partial charge in [0.15, 0.2) is 38.3 Å². The lowest BCUT2D eigenvalue weighted by atomic mass is 9.92. The number of aromatic nitrogens is 8. The highest BCUT2D eigenvalue weighted by Crippen LogP contribution is 2.45. The van der Waals surface area contributed by atoms with Crippen molar-refractivity contribution in [3.8, 4) is 0 Å². The zero-order chi connectivity index (χ0) is 49.9. The second-order valence-electron chi connectivity index (χ2n) is 21.6. The van der Waals surface area contributed by atoms with Gasteiger partial charge < -0.3 is 32.8 Å². The topological polar surface area (TPSA) is 206 Å². The molecule has 1 unspecified atom stereocenters. The van der Waals surface area contributed by atoms with Gasteiger partial charge in [-0.05, 0) is 95.0 Å². The van der Waals surface area contributed by atoms with Crippen molar-refractivity contribution < 1.29 is 47.2 Å². The van der Waals surface area contributed by atoms with Crippen LogP contribution in [0.1, 0.15) is 93.8 Å². The molecule has 370 valence electrons. The minimum Gasteiger partial charge on any atom is -0.463 e. The smallest absolute Gasteiger partial charge is 0.425 e. The monoisotopic (exact) mass is 987 g/mol. The molecule has 1 aliphatic rings. The summed E-state index contributed by atoms with van der Waals surface area (Å²) < 4.78 is 45.6. The van der Waals surface area contributed by atoms with Crippen molar-refractivity contribution in [1.82, 2.24) is 39.7 Å². The summed E-state index contributed by atoms with van der Waals surface area (Å²) in [6.07, 6.45) is -2.92. The first-order valence-electron chi connectivity index (χ1n) is 22.7. The van der Waals surface area contributed by atoms with Crippen molar-refractivity contribution in [3.63, 3.8) is 0 Å². The van der Waals surface area contributed by atoms with E-state index in [1.54, 1.807) is 53.0 Å². The van der Waals surface area contributed by atoms with E-state index in [1.807, 2.05) is 37.3 Å². The Bertz CT molecular complexity index is 2310. The minimum absolute atomic E-state index is 0.00104. The molecular weight excluding hydrogens is 918 g/mol. The number of carbonyl (C=O) groups excluding carboxylic acids is 3. The van der Waals surface area contributed by atoms with Gasteiger partial charge in [0.05, 0.1) is 31.7 Å². The highest BCUT2D eigenvalue weighted by molar-refractivity contribution is 6.76. The molecule has 0 bridgehead atoms. The van der Waals surface area contributed by atoms with Crippen LogP contribution in [0.25, 0.3) is 11.2 Å². The van der Waals surface area contributed by atoms with Crippen LogP contribution in [0, 0.1) is 5.92 Å². The van der Waals surface area contributed by atoms with Crippen LogP contribution in [0.15, 0.2) is 36.7 Å². The minimum atomic E-state index is -2.55. The number of tetrazole rings is 1. The zero-order valence-corrected chi connectivity index (χ0v) is 44.8. The Balaban J connectivity index is 1.59. The summed E-state index contributed by atoms with van der Waals surface area (Å²) in [4.78, 5) is 57.5. The van der Waals surface area contributed by atoms with Crippen LogP contribution >= 0.6 is 11.6 Å². The SMILES string of the molecule is CCOC(=O)C(Cc1ccccc1)(OC[C@H]1O[C@@H](n2cnc3c(N(C(=O)OC(C)(C)C)C(=O)OC(C)(C)C)nc(Cl)nc32)[C@H](O[Si](C)(C)C(C)(C)C)[C@H]1C)c1nnn(COCC[Si](C)(C)C)n1. The van der Waals surface area contributed by atoms with Crippen LogP contribution in [-0.4, -0.2) is 118 Å². The molecule has 0 N–H and O–H groups in total. The second-order valence-corrected chi connectivity index (χ2v) is 32.3. The van der Waals surface area contributed by atoms with Crippen LogP contribution in [0.5, 0.6) is 0 Å². The van der Waals surface area contributed by atoms with E-state index >= 15 is 0 Å². The predicted molar refractivity (Wildman–Crippen MR) is 257 cm³/mol. The molecule has 1 saturated heterocycles. The Labute approximate surface area is 401 Å². The number of imide groups is 1. The molecule has 5 rings (SSSR count). The molecule has 0 spiro atoms. The summed E-state index contributed by atoms with van der Waals surface area (Å²) in [5, 5.41) is 12.8. The lowest BCUT2D eigenvalue weighted by Gasteiger charge is -2.40. The first-order valence-corrected chi connectivity index (χ1v) is 29.6. The van der Waals surface area contributed by atoms with Crippen LogP contribution in [0.4, 0.5) is 15.4 Å². The lowest BCUT2D eigenvalue weighted by Crippen LogP contribution is -2.47. The van der Waals surface area contributed by atoms with Crippen molar-refractivity contribution in [2.75, 3.05) is 24.7 Å². The maximum atomic E-state index is 14.4. The van der Waals surface area contributed by atoms with E-state index in [2.05, 4.69) is 83.9 Å². The number of hydrogen-bond acceptors (Lipinski definition) is 16. The number of ether oxygens (including phenoxy) is 6. The van der Waals surface area contributed by atoms with Gasteiger partial charge in [-0.25, -0.2) is 19.4 Å². The summed E-state index contributed by atoms with van der Waals surface area (Å²) in [5.74, 6) is -1.34. The molecule has 0 saturated carbocycles. The van der Waals surface area contributed by atoms with Crippen molar-refractivity contribution in [1.29, 1.82) is 0 Å². The average Bonchev–Trinajstić information content (AvgIpc) is 3.91. The van der Waals surface area contributed by atoms with Crippen molar-refractivity contribution in [2.45, 2.75) is 168 Å². The molecule has 1 aromatic carbocycles. The number of fused-ring (bicyclic) bond motifs is 1. The van der Waals surface area contributed by atoms with Crippen LogP contribution in [0.2, 0.25) is 49.1 Å². The molecule has 2 amide bonds. The van der Waals surface area contributed by atoms with Gasteiger partial charge in [0.1, 0.15) is 11.2 Å². The Morgan fingerprint density at radius 3 is 2.10 bits per heavy atom. The fourth-order valence-electron chi connectivity index (χ4n) is 6.79. The number of carbonyl (C=O) groups is 3. The Kier molecular flexibility index (Phi) is 16.5. The van der Waals surface area contributed by atoms with Crippen LogP contribution in [0.3, 0.4) is 0 Å². The first kappa shape index (κ1) is 53.6. The fraction of sp³-hybridized carbons (Fsp3) is 0.667. The van der Waals surface area contributed by atoms with E-state index in [4.69, 9.17) is 44.4 Å². The third-order valence-corrected chi connectivity index (χ3v) is 17.7. The first-order chi connectivity index (χ1) is 30.9. The number of amides is 2. The van der Waals surface area contributed by atoms with Gasteiger partial charge in [-0.2, -0.15) is 14.9 Å². The summed E-state index contributed by atoms with van der Waals surface area (Å²) in [5.41, 5.74) is -2.93. The Morgan fingerprint density at radius 1 is 0.910 bits per heavy atom. The van der Waals surface area contributed by atoms with E-state index in [-0.39, 0.29) is 65.4 Å². The van der Waals surface area contributed by atoms with Gasteiger partial charge >= 0.3 is 18.2 Å². The van der Waals surface area contributed by atoms with Gasteiger partial charge in [0, 0.05) is 27.0 Å². The largest absolute Gasteiger partial charge is 0.463 e. The average molecular weight is 989 g/mol. The van der Waals surface area contributed by atoms with E-state index < -0.39 is 69.8 Å². The van der Waals surface area contributed by atoms with E-state index in [0.29, 0.717) is 11.5 Å². The molecule has 0 aliphatic carbocycles. The van der Waals surface area contributed by atoms with E-state index in [1.165, 1.54) is 11.1 Å². The molecule has 22 heteroatoms. The third kappa shape index (κ3) is 13.4. The van der Waals surface area contributed by atoms with Crippen molar-refractivity contribution in [3.05, 3.63) is 53.3 Å². The standard InChI is InChI=1S/C45H70ClN9O10Si2/c1-17-60-38(56)45(25-30-21-19-18-20-22-30,37-50-52-54(51-37)28-59-23-24-66(12,13)14)61-26-31-29(2)33(65-67(15,16)44(9,10)11)36(62-31)53-27-47-32-34(53)48-39(46)49-35(32)55(40(57)63-42(3,4)5)41(58)64-43(6,7)8/h18-22,27,29,31,33,36H,17,23-26,28H2,1-16H3/t29-,31+,33+,36+,45?/m0/s1. The molecule has 5 atom stereocenters. The van der Waals surface area contributed by atoms with Gasteiger partial charge in [0.25, 0.3) is 0 Å². The fourth-order valence-corrected chi connectivity index (χ4v) is 9.07. The van der Waals surface area contributed by atoms with Crippen molar-refractivity contribution in [2.24, 2.45) is 5.92 Å². The lowest BCUT2D eigenvalue weighted by molar-refractivity contribution is -0.182. The number of rotatable bonds is 17. The Hall–Kier alpha value is -4.39. The summed E-state index contributed by atoms with van der Waals surface area (Å²) in [7, 11) is -3.91. The molecule has 0 radical (unpaired) electrons. The summed E-state index contributed by atoms with van der Waals surface area (Å²) in [6.45, 7) is 31.7. The molecule has 19 nitrogen and oxygen atoms in total. The summed E-state index contributed by atoms with van der Waals surface area (Å²) in [6, 6.07) is 10.3. The molecule has 67 heavy (non-hydrogen) atoms. The second kappa shape index (κ2) is 20.7. The van der Waals surface area contributed by atoms with Gasteiger partial charge in [-0.1, -0.05) is 77.7 Å². The zero-order valence-electron chi connectivity index (χ0n) is 42.0. The maximum absolute atomic E-state index is 14.4. The molecule has 1 fully saturated rings. The number of imidazole rings is 1. The van der Waals surface area contributed by atoms with Crippen molar-refractivity contribution >= 4 is 63.1 Å². The quantitative estimate of drug-likeness (QED) is 0.0318. The number of halogens is 1. The molecule has 1 aliphatic heterocycles. The number of nitrogens with zero attached hydrogens (tertiary/aromatic N) is 9. The van der Waals surface area contributed by atoms with Gasteiger partial charge in [0.2, 0.25) is 16.7 Å². The van der Waals surface area contributed by atoms with E-state index in [9.17, 15) is 14.4 Å². The number of benzene rings is 1. The molecule has 3 aromatic heterocycles. The molecule has 4 heterocycles.